The zero-order valence-corrected chi connectivity index (χ0v) is 16.5. The van der Waals surface area contributed by atoms with Crippen molar-refractivity contribution in [2.45, 2.75) is 32.7 Å². The third kappa shape index (κ3) is 3.62. The van der Waals surface area contributed by atoms with Crippen LogP contribution in [0.25, 0.3) is 0 Å². The summed E-state index contributed by atoms with van der Waals surface area (Å²) in [6, 6.07) is 12.2. The average molecular weight is 392 g/mol. The summed E-state index contributed by atoms with van der Waals surface area (Å²) < 4.78 is 5.67. The summed E-state index contributed by atoms with van der Waals surface area (Å²) in [6.45, 7) is 3.94. The molecule has 2 aliphatic heterocycles. The van der Waals surface area contributed by atoms with Crippen molar-refractivity contribution in [1.82, 2.24) is 9.80 Å². The van der Waals surface area contributed by atoms with Gasteiger partial charge in [0.2, 0.25) is 0 Å². The van der Waals surface area contributed by atoms with Crippen LogP contribution in [0.3, 0.4) is 0 Å². The van der Waals surface area contributed by atoms with Crippen LogP contribution >= 0.6 is 0 Å². The molecular weight excluding hydrogens is 368 g/mol. The maximum absolute atomic E-state index is 13.1. The van der Waals surface area contributed by atoms with Gasteiger partial charge in [-0.1, -0.05) is 18.2 Å². The number of hydrogen-bond donors (Lipinski definition) is 0. The van der Waals surface area contributed by atoms with Gasteiger partial charge < -0.3 is 9.64 Å². The first-order valence-corrected chi connectivity index (χ1v) is 10.1. The molecule has 0 unspecified atom stereocenters. The Hall–Kier alpha value is -3.15. The van der Waals surface area contributed by atoms with E-state index in [0.29, 0.717) is 29.0 Å². The Morgan fingerprint density at radius 2 is 1.62 bits per heavy atom. The van der Waals surface area contributed by atoms with Gasteiger partial charge in [0.05, 0.1) is 29.8 Å². The van der Waals surface area contributed by atoms with Gasteiger partial charge in [0.15, 0.2) is 0 Å². The molecule has 0 N–H and O–H groups in total. The van der Waals surface area contributed by atoms with Gasteiger partial charge in [-0.15, -0.1) is 0 Å². The van der Waals surface area contributed by atoms with Crippen molar-refractivity contribution in [3.63, 3.8) is 0 Å². The fourth-order valence-electron chi connectivity index (χ4n) is 3.96. The first-order chi connectivity index (χ1) is 14.1. The minimum atomic E-state index is -0.302. The molecule has 1 fully saturated rings. The van der Waals surface area contributed by atoms with E-state index in [0.717, 1.165) is 37.9 Å². The molecule has 0 saturated carbocycles. The number of fused-ring (bicyclic) bond motifs is 1. The number of carbonyl (C=O) groups excluding carboxylic acids is 3. The molecule has 2 aliphatic rings. The number of carbonyl (C=O) groups is 3. The van der Waals surface area contributed by atoms with E-state index in [-0.39, 0.29) is 24.3 Å². The van der Waals surface area contributed by atoms with E-state index in [4.69, 9.17) is 4.74 Å². The molecule has 3 amide bonds. The largest absolute Gasteiger partial charge is 0.493 e. The van der Waals surface area contributed by atoms with Crippen molar-refractivity contribution in [2.24, 2.45) is 0 Å². The molecule has 29 heavy (non-hydrogen) atoms. The normalized spacial score (nSPS) is 16.2. The number of piperidine rings is 1. The highest BCUT2D eigenvalue weighted by Gasteiger charge is 2.35. The predicted molar refractivity (Wildman–Crippen MR) is 108 cm³/mol. The van der Waals surface area contributed by atoms with Crippen LogP contribution in [0.2, 0.25) is 0 Å². The van der Waals surface area contributed by atoms with Crippen molar-refractivity contribution in [3.05, 3.63) is 64.7 Å². The number of ether oxygens (including phenoxy) is 1. The highest BCUT2D eigenvalue weighted by Crippen LogP contribution is 2.27. The number of nitrogens with zero attached hydrogens (tertiary/aromatic N) is 2. The molecule has 0 atom stereocenters. The Labute approximate surface area is 170 Å². The van der Waals surface area contributed by atoms with Crippen molar-refractivity contribution in [1.29, 1.82) is 0 Å². The number of hydrogen-bond acceptors (Lipinski definition) is 4. The molecule has 0 bridgehead atoms. The van der Waals surface area contributed by atoms with Gasteiger partial charge in [-0.25, -0.2) is 0 Å². The first-order valence-electron chi connectivity index (χ1n) is 10.1. The van der Waals surface area contributed by atoms with E-state index in [1.807, 2.05) is 17.9 Å². The number of amides is 3. The standard InChI is InChI=1S/C23H24N2O4/c1-2-29-20-11-10-16(14-19(20)21(26)24-12-6-3-7-13-24)15-25-22(27)17-8-4-5-9-18(17)23(25)28/h4-5,8-11,14H,2-3,6-7,12-13,15H2,1H3. The van der Waals surface area contributed by atoms with Gasteiger partial charge in [-0.05, 0) is 56.0 Å². The second-order valence-electron chi connectivity index (χ2n) is 7.36. The van der Waals surface area contributed by atoms with Crippen LogP contribution in [0.15, 0.2) is 42.5 Å². The summed E-state index contributed by atoms with van der Waals surface area (Å²) in [6.07, 6.45) is 3.15. The van der Waals surface area contributed by atoms with Crippen molar-refractivity contribution < 1.29 is 19.1 Å². The molecule has 1 saturated heterocycles. The van der Waals surface area contributed by atoms with Crippen LogP contribution < -0.4 is 4.74 Å². The zero-order valence-electron chi connectivity index (χ0n) is 16.5. The van der Waals surface area contributed by atoms with Crippen LogP contribution in [-0.4, -0.2) is 47.2 Å². The summed E-state index contributed by atoms with van der Waals surface area (Å²) >= 11 is 0. The lowest BCUT2D eigenvalue weighted by molar-refractivity contribution is 0.0642. The topological polar surface area (TPSA) is 66.9 Å². The highest BCUT2D eigenvalue weighted by molar-refractivity contribution is 6.21. The number of benzene rings is 2. The van der Waals surface area contributed by atoms with Crippen molar-refractivity contribution in [2.75, 3.05) is 19.7 Å². The minimum absolute atomic E-state index is 0.0580. The van der Waals surface area contributed by atoms with E-state index in [9.17, 15) is 14.4 Å². The lowest BCUT2D eigenvalue weighted by Crippen LogP contribution is -2.36. The molecule has 150 valence electrons. The van der Waals surface area contributed by atoms with E-state index >= 15 is 0 Å². The van der Waals surface area contributed by atoms with Crippen molar-refractivity contribution >= 4 is 17.7 Å². The van der Waals surface area contributed by atoms with Gasteiger partial charge in [0.25, 0.3) is 17.7 Å². The molecule has 4 rings (SSSR count). The highest BCUT2D eigenvalue weighted by atomic mass is 16.5. The molecule has 0 aromatic heterocycles. The molecular formula is C23H24N2O4. The third-order valence-corrected chi connectivity index (χ3v) is 5.44. The monoisotopic (exact) mass is 392 g/mol. The van der Waals surface area contributed by atoms with Gasteiger partial charge in [0, 0.05) is 13.1 Å². The van der Waals surface area contributed by atoms with Crippen LogP contribution in [0.1, 0.15) is 62.8 Å². The molecule has 6 heteroatoms. The summed E-state index contributed by atoms with van der Waals surface area (Å²) in [5.74, 6) is -0.127. The maximum Gasteiger partial charge on any atom is 0.261 e. The smallest absolute Gasteiger partial charge is 0.261 e. The molecule has 0 spiro atoms. The Balaban J connectivity index is 1.61. The molecule has 2 aromatic carbocycles. The quantitative estimate of drug-likeness (QED) is 0.731. The SMILES string of the molecule is CCOc1ccc(CN2C(=O)c3ccccc3C2=O)cc1C(=O)N1CCCCC1. The van der Waals surface area contributed by atoms with Crippen LogP contribution in [0.5, 0.6) is 5.75 Å². The predicted octanol–water partition coefficient (Wildman–Crippen LogP) is 3.51. The van der Waals surface area contributed by atoms with E-state index in [1.165, 1.54) is 4.90 Å². The number of imide groups is 1. The van der Waals surface area contributed by atoms with Gasteiger partial charge in [0.1, 0.15) is 5.75 Å². The number of likely N-dealkylation sites (tertiary alicyclic amines) is 1. The third-order valence-electron chi connectivity index (χ3n) is 5.44. The maximum atomic E-state index is 13.1. The lowest BCUT2D eigenvalue weighted by atomic mass is 10.1. The molecule has 2 heterocycles. The average Bonchev–Trinajstić information content (AvgIpc) is 3.00. The Morgan fingerprint density at radius 1 is 0.966 bits per heavy atom. The second-order valence-corrected chi connectivity index (χ2v) is 7.36. The fraction of sp³-hybridized carbons (Fsp3) is 0.348. The Bertz CT molecular complexity index is 928. The fourth-order valence-corrected chi connectivity index (χ4v) is 3.96. The lowest BCUT2D eigenvalue weighted by Gasteiger charge is -2.27. The number of rotatable bonds is 5. The Kier molecular flexibility index (Phi) is 5.34. The molecule has 6 nitrogen and oxygen atoms in total. The second kappa shape index (κ2) is 8.07. The molecule has 0 radical (unpaired) electrons. The van der Waals surface area contributed by atoms with Crippen LogP contribution in [-0.2, 0) is 6.54 Å². The first kappa shape index (κ1) is 19.2. The summed E-state index contributed by atoms with van der Waals surface area (Å²) in [7, 11) is 0. The molecule has 0 aliphatic carbocycles. The van der Waals surface area contributed by atoms with Crippen LogP contribution in [0.4, 0.5) is 0 Å². The van der Waals surface area contributed by atoms with E-state index in [2.05, 4.69) is 0 Å². The zero-order chi connectivity index (χ0) is 20.4. The summed E-state index contributed by atoms with van der Waals surface area (Å²) in [4.78, 5) is 41.5. The molecule has 2 aromatic rings. The van der Waals surface area contributed by atoms with Gasteiger partial charge in [-0.2, -0.15) is 0 Å². The van der Waals surface area contributed by atoms with E-state index in [1.54, 1.807) is 36.4 Å². The van der Waals surface area contributed by atoms with Crippen LogP contribution in [0, 0.1) is 0 Å². The minimum Gasteiger partial charge on any atom is -0.493 e. The van der Waals surface area contributed by atoms with Crippen molar-refractivity contribution in [3.8, 4) is 5.75 Å². The summed E-state index contributed by atoms with van der Waals surface area (Å²) in [5.41, 5.74) is 2.06. The Morgan fingerprint density at radius 3 is 2.24 bits per heavy atom. The van der Waals surface area contributed by atoms with Gasteiger partial charge in [-0.3, -0.25) is 19.3 Å². The van der Waals surface area contributed by atoms with E-state index < -0.39 is 0 Å². The van der Waals surface area contributed by atoms with Gasteiger partial charge >= 0.3 is 0 Å². The summed E-state index contributed by atoms with van der Waals surface area (Å²) in [5, 5.41) is 0.